The molecule has 0 unspecified atom stereocenters. The van der Waals surface area contributed by atoms with Crippen LogP contribution < -0.4 is 5.32 Å². The standard InChI is InChI=1S/C23H24N2O/c1-16-8-7-11-21(17(16)2)24-14-18(26)15-25-22-12-5-3-9-19(22)20-10-4-6-13-23(20)25/h3-13,18,24,26H,14-15H2,1-2H3/t18-/m1/s1. The molecule has 1 heterocycles. The normalized spacial score (nSPS) is 12.6. The van der Waals surface area contributed by atoms with Crippen molar-refractivity contribution >= 4 is 27.5 Å². The zero-order valence-electron chi connectivity index (χ0n) is 15.2. The molecule has 0 fully saturated rings. The second kappa shape index (κ2) is 6.85. The Morgan fingerprint density at radius 2 is 1.46 bits per heavy atom. The van der Waals surface area contributed by atoms with Crippen LogP contribution in [0.1, 0.15) is 11.1 Å². The van der Waals surface area contributed by atoms with Gasteiger partial charge in [-0.05, 0) is 43.2 Å². The van der Waals surface area contributed by atoms with E-state index in [1.54, 1.807) is 0 Å². The van der Waals surface area contributed by atoms with Crippen molar-refractivity contribution in [1.29, 1.82) is 0 Å². The number of nitrogens with one attached hydrogen (secondary N) is 1. The average molecular weight is 344 g/mol. The Labute approximate surface area is 153 Å². The van der Waals surface area contributed by atoms with E-state index in [4.69, 9.17) is 0 Å². The molecule has 132 valence electrons. The summed E-state index contributed by atoms with van der Waals surface area (Å²) in [7, 11) is 0. The van der Waals surface area contributed by atoms with Crippen molar-refractivity contribution < 1.29 is 5.11 Å². The van der Waals surface area contributed by atoms with Gasteiger partial charge in [0, 0.05) is 34.0 Å². The molecule has 3 nitrogen and oxygen atoms in total. The van der Waals surface area contributed by atoms with E-state index >= 15 is 0 Å². The molecule has 0 aliphatic heterocycles. The third-order valence-electron chi connectivity index (χ3n) is 5.21. The summed E-state index contributed by atoms with van der Waals surface area (Å²) < 4.78 is 2.22. The summed E-state index contributed by atoms with van der Waals surface area (Å²) in [4.78, 5) is 0. The summed E-state index contributed by atoms with van der Waals surface area (Å²) in [6.07, 6.45) is -0.478. The van der Waals surface area contributed by atoms with Gasteiger partial charge in [-0.15, -0.1) is 0 Å². The van der Waals surface area contributed by atoms with E-state index in [0.29, 0.717) is 13.1 Å². The quantitative estimate of drug-likeness (QED) is 0.541. The highest BCUT2D eigenvalue weighted by Crippen LogP contribution is 2.29. The molecule has 0 bridgehead atoms. The van der Waals surface area contributed by atoms with Crippen molar-refractivity contribution in [2.75, 3.05) is 11.9 Å². The summed E-state index contributed by atoms with van der Waals surface area (Å²) in [6, 6.07) is 23.0. The number of rotatable bonds is 5. The number of aliphatic hydroxyl groups excluding tert-OH is 1. The van der Waals surface area contributed by atoms with Crippen molar-refractivity contribution in [3.8, 4) is 0 Å². The molecule has 0 amide bonds. The van der Waals surface area contributed by atoms with Gasteiger partial charge in [0.25, 0.3) is 0 Å². The van der Waals surface area contributed by atoms with Crippen molar-refractivity contribution in [3.05, 3.63) is 77.9 Å². The predicted molar refractivity (Wildman–Crippen MR) is 110 cm³/mol. The maximum absolute atomic E-state index is 10.7. The minimum Gasteiger partial charge on any atom is -0.389 e. The van der Waals surface area contributed by atoms with Gasteiger partial charge >= 0.3 is 0 Å². The molecule has 3 aromatic carbocycles. The molecule has 0 saturated heterocycles. The smallest absolute Gasteiger partial charge is 0.0891 e. The van der Waals surface area contributed by atoms with Crippen LogP contribution in [0, 0.1) is 13.8 Å². The maximum atomic E-state index is 10.7. The first kappa shape index (κ1) is 16.7. The molecule has 0 saturated carbocycles. The fraction of sp³-hybridized carbons (Fsp3) is 0.217. The first-order valence-corrected chi connectivity index (χ1v) is 9.09. The lowest BCUT2D eigenvalue weighted by Gasteiger charge is -2.17. The van der Waals surface area contributed by atoms with Gasteiger partial charge < -0.3 is 15.0 Å². The van der Waals surface area contributed by atoms with Crippen LogP contribution in [0.3, 0.4) is 0 Å². The molecule has 1 atom stereocenters. The van der Waals surface area contributed by atoms with Gasteiger partial charge in [0.15, 0.2) is 0 Å². The van der Waals surface area contributed by atoms with Crippen LogP contribution in [0.2, 0.25) is 0 Å². The summed E-state index contributed by atoms with van der Waals surface area (Å²) >= 11 is 0. The Hall–Kier alpha value is -2.78. The molecule has 3 heteroatoms. The Bertz CT molecular complexity index is 1010. The molecule has 26 heavy (non-hydrogen) atoms. The Balaban J connectivity index is 1.59. The fourth-order valence-electron chi connectivity index (χ4n) is 3.65. The lowest BCUT2D eigenvalue weighted by atomic mass is 10.1. The highest BCUT2D eigenvalue weighted by Gasteiger charge is 2.13. The minimum atomic E-state index is -0.478. The third kappa shape index (κ3) is 2.95. The van der Waals surface area contributed by atoms with E-state index in [1.165, 1.54) is 32.9 Å². The number of aryl methyl sites for hydroxylation is 1. The zero-order valence-corrected chi connectivity index (χ0v) is 15.2. The third-order valence-corrected chi connectivity index (χ3v) is 5.21. The molecule has 1 aromatic heterocycles. The number of aliphatic hydroxyl groups is 1. The van der Waals surface area contributed by atoms with Crippen LogP contribution >= 0.6 is 0 Å². The van der Waals surface area contributed by atoms with Gasteiger partial charge in [0.1, 0.15) is 0 Å². The maximum Gasteiger partial charge on any atom is 0.0891 e. The largest absolute Gasteiger partial charge is 0.389 e. The minimum absolute atomic E-state index is 0.478. The number of hydrogen-bond acceptors (Lipinski definition) is 2. The lowest BCUT2D eigenvalue weighted by Crippen LogP contribution is -2.25. The first-order chi connectivity index (χ1) is 12.6. The summed E-state index contributed by atoms with van der Waals surface area (Å²) in [5.41, 5.74) is 5.91. The Kier molecular flexibility index (Phi) is 4.39. The number of fused-ring (bicyclic) bond motifs is 3. The van der Waals surface area contributed by atoms with Crippen LogP contribution in [0.4, 0.5) is 5.69 Å². The molecule has 0 radical (unpaired) electrons. The van der Waals surface area contributed by atoms with E-state index in [-0.39, 0.29) is 0 Å². The van der Waals surface area contributed by atoms with Crippen LogP contribution in [-0.4, -0.2) is 22.3 Å². The first-order valence-electron chi connectivity index (χ1n) is 9.09. The van der Waals surface area contributed by atoms with Gasteiger partial charge in [-0.1, -0.05) is 48.5 Å². The monoisotopic (exact) mass is 344 g/mol. The van der Waals surface area contributed by atoms with Crippen molar-refractivity contribution in [1.82, 2.24) is 4.57 Å². The molecular weight excluding hydrogens is 320 g/mol. The number of nitrogens with zero attached hydrogens (tertiary/aromatic N) is 1. The molecule has 4 rings (SSSR count). The number of para-hydroxylation sites is 2. The van der Waals surface area contributed by atoms with Gasteiger partial charge in [0.05, 0.1) is 12.6 Å². The van der Waals surface area contributed by atoms with Crippen LogP contribution in [0.25, 0.3) is 21.8 Å². The molecule has 0 aliphatic rings. The van der Waals surface area contributed by atoms with Gasteiger partial charge in [-0.3, -0.25) is 0 Å². The summed E-state index contributed by atoms with van der Waals surface area (Å²) in [6.45, 7) is 5.29. The lowest BCUT2D eigenvalue weighted by molar-refractivity contribution is 0.169. The SMILES string of the molecule is Cc1cccc(NC[C@@H](O)Cn2c3ccccc3c3ccccc32)c1C. The van der Waals surface area contributed by atoms with E-state index in [1.807, 2.05) is 6.07 Å². The molecule has 4 aromatic rings. The number of benzene rings is 3. The van der Waals surface area contributed by atoms with Crippen LogP contribution in [-0.2, 0) is 6.54 Å². The van der Waals surface area contributed by atoms with Gasteiger partial charge in [-0.2, -0.15) is 0 Å². The highest BCUT2D eigenvalue weighted by atomic mass is 16.3. The molecule has 0 aliphatic carbocycles. The number of hydrogen-bond donors (Lipinski definition) is 2. The Morgan fingerprint density at radius 1 is 0.846 bits per heavy atom. The zero-order chi connectivity index (χ0) is 18.1. The number of aromatic nitrogens is 1. The molecule has 2 N–H and O–H groups in total. The van der Waals surface area contributed by atoms with E-state index in [2.05, 4.69) is 84.4 Å². The topological polar surface area (TPSA) is 37.2 Å². The van der Waals surface area contributed by atoms with Crippen molar-refractivity contribution in [2.45, 2.75) is 26.5 Å². The van der Waals surface area contributed by atoms with Gasteiger partial charge in [-0.25, -0.2) is 0 Å². The second-order valence-corrected chi connectivity index (χ2v) is 6.93. The van der Waals surface area contributed by atoms with Gasteiger partial charge in [0.2, 0.25) is 0 Å². The Morgan fingerprint density at radius 3 is 2.12 bits per heavy atom. The van der Waals surface area contributed by atoms with Crippen LogP contribution in [0.15, 0.2) is 66.7 Å². The highest BCUT2D eigenvalue weighted by molar-refractivity contribution is 6.07. The van der Waals surface area contributed by atoms with Crippen molar-refractivity contribution in [2.24, 2.45) is 0 Å². The fourth-order valence-corrected chi connectivity index (χ4v) is 3.65. The van der Waals surface area contributed by atoms with Crippen LogP contribution in [0.5, 0.6) is 0 Å². The average Bonchev–Trinajstić information content (AvgIpc) is 2.97. The van der Waals surface area contributed by atoms with E-state index in [0.717, 1.165) is 5.69 Å². The van der Waals surface area contributed by atoms with Crippen molar-refractivity contribution in [3.63, 3.8) is 0 Å². The summed E-state index contributed by atoms with van der Waals surface area (Å²) in [5, 5.41) is 16.5. The van der Waals surface area contributed by atoms with E-state index < -0.39 is 6.10 Å². The second-order valence-electron chi connectivity index (χ2n) is 6.93. The molecule has 0 spiro atoms. The van der Waals surface area contributed by atoms with E-state index in [9.17, 15) is 5.11 Å². The number of anilines is 1. The predicted octanol–water partition coefficient (Wildman–Crippen LogP) is 4.88. The molecular formula is C23H24N2O. The summed E-state index contributed by atoms with van der Waals surface area (Å²) in [5.74, 6) is 0.